The summed E-state index contributed by atoms with van der Waals surface area (Å²) in [4.78, 5) is 31.9. The molecule has 0 spiro atoms. The highest BCUT2D eigenvalue weighted by molar-refractivity contribution is 7.21. The van der Waals surface area contributed by atoms with E-state index in [1.807, 2.05) is 4.90 Å². The highest BCUT2D eigenvalue weighted by Crippen LogP contribution is 2.36. The van der Waals surface area contributed by atoms with Crippen LogP contribution in [0.4, 0.5) is 0 Å². The van der Waals surface area contributed by atoms with Gasteiger partial charge in [0.15, 0.2) is 5.78 Å². The minimum Gasteiger partial charge on any atom is -0.335 e. The van der Waals surface area contributed by atoms with Crippen molar-refractivity contribution >= 4 is 44.8 Å². The molecular weight excluding hydrogens is 332 g/mol. The number of hydrogen-bond donors (Lipinski definition) is 0. The number of hydrogen-bond acceptors (Lipinski definition) is 4. The minimum absolute atomic E-state index is 0.00562. The van der Waals surface area contributed by atoms with Gasteiger partial charge in [-0.25, -0.2) is 4.98 Å². The Bertz CT molecular complexity index is 771. The van der Waals surface area contributed by atoms with Crippen LogP contribution in [0.15, 0.2) is 12.1 Å². The van der Waals surface area contributed by atoms with Crippen molar-refractivity contribution in [3.05, 3.63) is 27.7 Å². The first-order chi connectivity index (χ1) is 11.0. The van der Waals surface area contributed by atoms with Gasteiger partial charge in [0.2, 0.25) is 0 Å². The lowest BCUT2D eigenvalue weighted by molar-refractivity contribution is 0.0613. The molecular formula is C17H19ClN2O2S. The third kappa shape index (κ3) is 3.00. The molecule has 1 aliphatic rings. The molecule has 1 atom stereocenters. The van der Waals surface area contributed by atoms with Crippen molar-refractivity contribution in [2.75, 3.05) is 6.54 Å². The molecule has 0 unspecified atom stereocenters. The van der Waals surface area contributed by atoms with Gasteiger partial charge in [0.05, 0.1) is 5.02 Å². The molecule has 0 bridgehead atoms. The molecule has 4 nitrogen and oxygen atoms in total. The monoisotopic (exact) mass is 350 g/mol. The fourth-order valence-corrected chi connectivity index (χ4v) is 4.53. The number of aromatic nitrogens is 1. The largest absolute Gasteiger partial charge is 0.335 e. The fourth-order valence-electron chi connectivity index (χ4n) is 3.11. The number of halogens is 1. The summed E-state index contributed by atoms with van der Waals surface area (Å²) in [6.07, 6.45) is 4.22. The van der Waals surface area contributed by atoms with E-state index in [-0.39, 0.29) is 11.7 Å². The third-order valence-electron chi connectivity index (χ3n) is 4.41. The second-order valence-electron chi connectivity index (χ2n) is 5.91. The first-order valence-corrected chi connectivity index (χ1v) is 9.13. The van der Waals surface area contributed by atoms with Crippen LogP contribution in [-0.2, 0) is 0 Å². The molecule has 1 saturated heterocycles. The van der Waals surface area contributed by atoms with E-state index < -0.39 is 0 Å². The molecule has 3 heterocycles. The number of carbonyl (C=O) groups is 2. The molecule has 3 rings (SSSR count). The van der Waals surface area contributed by atoms with E-state index >= 15 is 0 Å². The molecule has 1 fully saturated rings. The number of amides is 1. The zero-order valence-electron chi connectivity index (χ0n) is 13.3. The molecule has 6 heteroatoms. The number of fused-ring (bicyclic) bond motifs is 1. The van der Waals surface area contributed by atoms with Crippen LogP contribution >= 0.6 is 22.9 Å². The Morgan fingerprint density at radius 2 is 2.17 bits per heavy atom. The Labute approximate surface area is 144 Å². The number of nitrogens with zero attached hydrogens (tertiary/aromatic N) is 2. The Hall–Kier alpha value is -1.46. The number of carbonyl (C=O) groups excluding carboxylic acids is 2. The van der Waals surface area contributed by atoms with Crippen LogP contribution in [0.25, 0.3) is 10.2 Å². The highest BCUT2D eigenvalue weighted by atomic mass is 35.5. The van der Waals surface area contributed by atoms with Gasteiger partial charge in [-0.05, 0) is 37.8 Å². The van der Waals surface area contributed by atoms with Crippen LogP contribution in [0.1, 0.15) is 59.7 Å². The topological polar surface area (TPSA) is 50.3 Å². The lowest BCUT2D eigenvalue weighted by Crippen LogP contribution is -2.43. The maximum absolute atomic E-state index is 12.9. The van der Waals surface area contributed by atoms with Crippen molar-refractivity contribution in [2.45, 2.75) is 45.6 Å². The molecule has 0 aliphatic carbocycles. The predicted molar refractivity (Wildman–Crippen MR) is 93.6 cm³/mol. The van der Waals surface area contributed by atoms with Gasteiger partial charge in [0.1, 0.15) is 15.4 Å². The summed E-state index contributed by atoms with van der Waals surface area (Å²) >= 11 is 7.72. The van der Waals surface area contributed by atoms with E-state index in [0.29, 0.717) is 26.5 Å². The molecule has 2 aromatic rings. The second kappa shape index (κ2) is 6.57. The van der Waals surface area contributed by atoms with E-state index in [4.69, 9.17) is 11.6 Å². The van der Waals surface area contributed by atoms with Crippen molar-refractivity contribution in [3.63, 3.8) is 0 Å². The SMILES string of the molecule is CC[C@@H]1CCCCN1C(=O)c1sc2nc(C(C)=O)ccc2c1Cl. The van der Waals surface area contributed by atoms with Crippen molar-refractivity contribution in [3.8, 4) is 0 Å². The van der Waals surface area contributed by atoms with Crippen molar-refractivity contribution < 1.29 is 9.59 Å². The summed E-state index contributed by atoms with van der Waals surface area (Å²) < 4.78 is 0. The average molecular weight is 351 g/mol. The molecule has 0 saturated carbocycles. The number of thiophene rings is 1. The van der Waals surface area contributed by atoms with Gasteiger partial charge in [-0.1, -0.05) is 18.5 Å². The Balaban J connectivity index is 2.00. The number of pyridine rings is 1. The summed E-state index contributed by atoms with van der Waals surface area (Å²) in [6, 6.07) is 3.73. The lowest BCUT2D eigenvalue weighted by Gasteiger charge is -2.35. The predicted octanol–water partition coefficient (Wildman–Crippen LogP) is 4.56. The zero-order chi connectivity index (χ0) is 16.6. The number of likely N-dealkylation sites (tertiary alicyclic amines) is 1. The highest BCUT2D eigenvalue weighted by Gasteiger charge is 2.29. The summed E-state index contributed by atoms with van der Waals surface area (Å²) in [6.45, 7) is 4.38. The molecule has 122 valence electrons. The minimum atomic E-state index is -0.0913. The van der Waals surface area contributed by atoms with Gasteiger partial charge in [-0.15, -0.1) is 11.3 Å². The Morgan fingerprint density at radius 3 is 2.87 bits per heavy atom. The molecule has 1 amide bonds. The van der Waals surface area contributed by atoms with Crippen molar-refractivity contribution in [1.29, 1.82) is 0 Å². The van der Waals surface area contributed by atoms with Gasteiger partial charge < -0.3 is 4.90 Å². The fraction of sp³-hybridized carbons (Fsp3) is 0.471. The molecule has 0 aromatic carbocycles. The van der Waals surface area contributed by atoms with Crippen molar-refractivity contribution in [2.24, 2.45) is 0 Å². The summed E-state index contributed by atoms with van der Waals surface area (Å²) in [5.74, 6) is -0.0969. The van der Waals surface area contributed by atoms with Crippen LogP contribution in [-0.4, -0.2) is 34.2 Å². The van der Waals surface area contributed by atoms with Gasteiger partial charge in [-0.2, -0.15) is 0 Å². The van der Waals surface area contributed by atoms with E-state index in [2.05, 4.69) is 11.9 Å². The summed E-state index contributed by atoms with van der Waals surface area (Å²) in [7, 11) is 0. The summed E-state index contributed by atoms with van der Waals surface area (Å²) in [5.41, 5.74) is 0.402. The molecule has 2 aromatic heterocycles. The van der Waals surface area contributed by atoms with Crippen LogP contribution in [0.2, 0.25) is 5.02 Å². The first kappa shape index (κ1) is 16.4. The van der Waals surface area contributed by atoms with Crippen LogP contribution in [0, 0.1) is 0 Å². The lowest BCUT2D eigenvalue weighted by atomic mass is 10.00. The molecule has 0 N–H and O–H groups in total. The van der Waals surface area contributed by atoms with Gasteiger partial charge >= 0.3 is 0 Å². The standard InChI is InChI=1S/C17H19ClN2O2S/c1-3-11-6-4-5-9-20(11)17(22)15-14(18)12-7-8-13(10(2)21)19-16(12)23-15/h7-8,11H,3-6,9H2,1-2H3/t11-/m1/s1. The average Bonchev–Trinajstić information content (AvgIpc) is 2.90. The van der Waals surface area contributed by atoms with Gasteiger partial charge in [0, 0.05) is 24.9 Å². The van der Waals surface area contributed by atoms with E-state index in [1.165, 1.54) is 24.7 Å². The number of Topliss-reactive ketones (excluding diaryl/α,β-unsaturated/α-hetero) is 1. The number of ketones is 1. The summed E-state index contributed by atoms with van der Waals surface area (Å²) in [5, 5.41) is 1.20. The Morgan fingerprint density at radius 1 is 1.39 bits per heavy atom. The number of rotatable bonds is 3. The molecule has 1 aliphatic heterocycles. The normalized spacial score (nSPS) is 18.4. The van der Waals surface area contributed by atoms with Gasteiger partial charge in [0.25, 0.3) is 5.91 Å². The quantitative estimate of drug-likeness (QED) is 0.762. The number of piperidine rings is 1. The smallest absolute Gasteiger partial charge is 0.265 e. The van der Waals surface area contributed by atoms with Gasteiger partial charge in [-0.3, -0.25) is 9.59 Å². The second-order valence-corrected chi connectivity index (χ2v) is 7.28. The first-order valence-electron chi connectivity index (χ1n) is 7.94. The van der Waals surface area contributed by atoms with E-state index in [0.717, 1.165) is 31.2 Å². The molecule has 0 radical (unpaired) electrons. The van der Waals surface area contributed by atoms with Crippen LogP contribution in [0.5, 0.6) is 0 Å². The maximum atomic E-state index is 12.9. The molecule has 23 heavy (non-hydrogen) atoms. The third-order valence-corrected chi connectivity index (χ3v) is 6.00. The van der Waals surface area contributed by atoms with Crippen molar-refractivity contribution in [1.82, 2.24) is 9.88 Å². The zero-order valence-corrected chi connectivity index (χ0v) is 14.8. The maximum Gasteiger partial charge on any atom is 0.265 e. The van der Waals surface area contributed by atoms with E-state index in [1.54, 1.807) is 12.1 Å². The van der Waals surface area contributed by atoms with Crippen LogP contribution in [0.3, 0.4) is 0 Å². The van der Waals surface area contributed by atoms with E-state index in [9.17, 15) is 9.59 Å². The Kier molecular flexibility index (Phi) is 4.69. The van der Waals surface area contributed by atoms with Crippen LogP contribution < -0.4 is 0 Å².